The van der Waals surface area contributed by atoms with Crippen LogP contribution in [0.2, 0.25) is 0 Å². The second-order valence-electron chi connectivity index (χ2n) is 1.78. The van der Waals surface area contributed by atoms with Gasteiger partial charge in [0.15, 0.2) is 0 Å². The van der Waals surface area contributed by atoms with Crippen LogP contribution >= 0.6 is 0 Å². The van der Waals surface area contributed by atoms with E-state index in [-0.39, 0.29) is 0 Å². The summed E-state index contributed by atoms with van der Waals surface area (Å²) in [5.74, 6) is -4.77. The summed E-state index contributed by atoms with van der Waals surface area (Å²) in [7, 11) is 0. The first-order chi connectivity index (χ1) is 4.41. The van der Waals surface area contributed by atoms with Gasteiger partial charge in [0.1, 0.15) is 6.61 Å². The van der Waals surface area contributed by atoms with E-state index in [1.165, 1.54) is 0 Å². The summed E-state index contributed by atoms with van der Waals surface area (Å²) < 4.78 is 0. The van der Waals surface area contributed by atoms with Crippen molar-refractivity contribution in [1.82, 2.24) is 0 Å². The van der Waals surface area contributed by atoms with Crippen molar-refractivity contribution >= 4 is 5.97 Å². The smallest absolute Gasteiger partial charge is 0.338 e. The van der Waals surface area contributed by atoms with Crippen molar-refractivity contribution in [2.24, 2.45) is 0 Å². The van der Waals surface area contributed by atoms with Gasteiger partial charge in [0.25, 0.3) is 0 Å². The van der Waals surface area contributed by atoms with E-state index in [0.717, 1.165) is 0 Å². The number of carboxylic acid groups (broad SMARTS) is 1. The van der Waals surface area contributed by atoms with E-state index >= 15 is 0 Å². The maximum absolute atomic E-state index is 9.82. The van der Waals surface area contributed by atoms with Crippen LogP contribution in [-0.4, -0.2) is 50.0 Å². The lowest BCUT2D eigenvalue weighted by atomic mass is 10.1. The number of aliphatic carboxylic acids is 1. The van der Waals surface area contributed by atoms with Gasteiger partial charge in [-0.3, -0.25) is 0 Å². The van der Waals surface area contributed by atoms with Gasteiger partial charge in [-0.15, -0.1) is 0 Å². The van der Waals surface area contributed by atoms with E-state index in [1.807, 2.05) is 0 Å². The Kier molecular flexibility index (Phi) is 2.73. The Morgan fingerprint density at radius 3 is 2.00 bits per heavy atom. The van der Waals surface area contributed by atoms with Crippen LogP contribution in [0, 0.1) is 0 Å². The predicted molar refractivity (Wildman–Crippen MR) is 27.9 cm³/mol. The van der Waals surface area contributed by atoms with E-state index in [0.29, 0.717) is 0 Å². The molecule has 0 spiro atoms. The molecule has 0 rings (SSSR count). The molecule has 10 heavy (non-hydrogen) atoms. The third-order valence-corrected chi connectivity index (χ3v) is 0.905. The molecular formula is C4H8O6. The first-order valence-corrected chi connectivity index (χ1v) is 2.38. The molecule has 6 heteroatoms. The number of hydrogen-bond acceptors (Lipinski definition) is 5. The Bertz CT molecular complexity index is 130. The highest BCUT2D eigenvalue weighted by atomic mass is 16.5. The van der Waals surface area contributed by atoms with E-state index < -0.39 is 24.5 Å². The molecule has 1 atom stereocenters. The largest absolute Gasteiger partial charge is 0.479 e. The third kappa shape index (κ3) is 1.92. The molecule has 0 fully saturated rings. The minimum absolute atomic E-state index is 1.24. The SMILES string of the molecule is O=C(O)C(O)C(O)(O)CO. The Morgan fingerprint density at radius 2 is 1.90 bits per heavy atom. The van der Waals surface area contributed by atoms with Gasteiger partial charge in [-0.2, -0.15) is 0 Å². The standard InChI is InChI=1S/C4H8O6/c5-1-4(9,10)2(6)3(7)8/h2,5-6,9-10H,1H2,(H,7,8). The number of carboxylic acids is 1. The maximum Gasteiger partial charge on any atom is 0.338 e. The molecule has 6 nitrogen and oxygen atoms in total. The van der Waals surface area contributed by atoms with Crippen LogP contribution in [0.4, 0.5) is 0 Å². The van der Waals surface area contributed by atoms with Gasteiger partial charge in [-0.05, 0) is 0 Å². The molecule has 0 aliphatic heterocycles. The third-order valence-electron chi connectivity index (χ3n) is 0.905. The van der Waals surface area contributed by atoms with Gasteiger partial charge in [0, 0.05) is 0 Å². The summed E-state index contributed by atoms with van der Waals surface area (Å²) in [6.45, 7) is -1.24. The zero-order chi connectivity index (χ0) is 8.36. The molecule has 0 saturated carbocycles. The van der Waals surface area contributed by atoms with Crippen molar-refractivity contribution in [3.05, 3.63) is 0 Å². The zero-order valence-corrected chi connectivity index (χ0v) is 4.93. The monoisotopic (exact) mass is 152 g/mol. The lowest BCUT2D eigenvalue weighted by Crippen LogP contribution is -2.49. The lowest BCUT2D eigenvalue weighted by molar-refractivity contribution is -0.245. The predicted octanol–water partition coefficient (Wildman–Crippen LogP) is -2.89. The molecule has 0 radical (unpaired) electrons. The van der Waals surface area contributed by atoms with Crippen LogP contribution in [-0.2, 0) is 4.79 Å². The van der Waals surface area contributed by atoms with Crippen LogP contribution in [0.15, 0.2) is 0 Å². The van der Waals surface area contributed by atoms with Gasteiger partial charge < -0.3 is 25.5 Å². The second-order valence-corrected chi connectivity index (χ2v) is 1.78. The van der Waals surface area contributed by atoms with Gasteiger partial charge in [-0.25, -0.2) is 4.79 Å². The van der Waals surface area contributed by atoms with Crippen LogP contribution in [0.1, 0.15) is 0 Å². The molecule has 0 saturated heterocycles. The number of aliphatic hydroxyl groups is 4. The number of rotatable bonds is 3. The molecule has 0 aliphatic rings. The fourth-order valence-corrected chi connectivity index (χ4v) is 0.284. The summed E-state index contributed by atoms with van der Waals surface area (Å²) in [6.07, 6.45) is -2.39. The molecule has 0 aromatic rings. The normalized spacial score (nSPS) is 14.8. The number of hydrogen-bond donors (Lipinski definition) is 5. The van der Waals surface area contributed by atoms with E-state index in [4.69, 9.17) is 25.5 Å². The average molecular weight is 152 g/mol. The molecule has 0 amide bonds. The summed E-state index contributed by atoms with van der Waals surface area (Å²) >= 11 is 0. The summed E-state index contributed by atoms with van der Waals surface area (Å²) in [4.78, 5) is 9.82. The highest BCUT2D eigenvalue weighted by Crippen LogP contribution is 2.04. The van der Waals surface area contributed by atoms with E-state index in [9.17, 15) is 4.79 Å². The summed E-state index contributed by atoms with van der Waals surface area (Å²) in [5.41, 5.74) is 0. The van der Waals surface area contributed by atoms with E-state index in [2.05, 4.69) is 0 Å². The highest BCUT2D eigenvalue weighted by molar-refractivity contribution is 5.73. The maximum atomic E-state index is 9.82. The molecule has 60 valence electrons. The molecule has 0 aromatic heterocycles. The van der Waals surface area contributed by atoms with Crippen LogP contribution < -0.4 is 0 Å². The van der Waals surface area contributed by atoms with Crippen molar-refractivity contribution in [3.8, 4) is 0 Å². The van der Waals surface area contributed by atoms with Crippen LogP contribution in [0.5, 0.6) is 0 Å². The Balaban J connectivity index is 4.17. The van der Waals surface area contributed by atoms with Gasteiger partial charge in [0.05, 0.1) is 0 Å². The average Bonchev–Trinajstić information content (AvgIpc) is 1.86. The number of aliphatic hydroxyl groups excluding tert-OH is 2. The number of carbonyl (C=O) groups is 1. The minimum Gasteiger partial charge on any atom is -0.479 e. The quantitative estimate of drug-likeness (QED) is 0.277. The minimum atomic E-state index is -2.97. The Hall–Kier alpha value is -0.690. The van der Waals surface area contributed by atoms with Crippen molar-refractivity contribution in [2.45, 2.75) is 11.9 Å². The molecular weight excluding hydrogens is 144 g/mol. The Morgan fingerprint density at radius 1 is 1.50 bits per heavy atom. The van der Waals surface area contributed by atoms with Crippen molar-refractivity contribution in [1.29, 1.82) is 0 Å². The summed E-state index contributed by atoms with van der Waals surface area (Å²) in [5, 5.41) is 41.3. The van der Waals surface area contributed by atoms with Crippen LogP contribution in [0.3, 0.4) is 0 Å². The molecule has 1 unspecified atom stereocenters. The summed E-state index contributed by atoms with van der Waals surface area (Å²) in [6, 6.07) is 0. The first kappa shape index (κ1) is 9.31. The first-order valence-electron chi connectivity index (χ1n) is 2.38. The molecule has 5 N–H and O–H groups in total. The second kappa shape index (κ2) is 2.93. The van der Waals surface area contributed by atoms with Gasteiger partial charge >= 0.3 is 5.97 Å². The lowest BCUT2D eigenvalue weighted by Gasteiger charge is -2.21. The fraction of sp³-hybridized carbons (Fsp3) is 0.750. The topological polar surface area (TPSA) is 118 Å². The van der Waals surface area contributed by atoms with Gasteiger partial charge in [-0.1, -0.05) is 0 Å². The Labute approximate surface area is 56.0 Å². The van der Waals surface area contributed by atoms with Gasteiger partial charge in [0.2, 0.25) is 11.9 Å². The fourth-order valence-electron chi connectivity index (χ4n) is 0.284. The molecule has 0 bridgehead atoms. The highest BCUT2D eigenvalue weighted by Gasteiger charge is 2.37. The van der Waals surface area contributed by atoms with Crippen LogP contribution in [0.25, 0.3) is 0 Å². The van der Waals surface area contributed by atoms with E-state index in [1.54, 1.807) is 0 Å². The zero-order valence-electron chi connectivity index (χ0n) is 4.93. The molecule has 0 heterocycles. The molecule has 0 aliphatic carbocycles. The van der Waals surface area contributed by atoms with Crippen molar-refractivity contribution < 1.29 is 30.3 Å². The van der Waals surface area contributed by atoms with Crippen molar-refractivity contribution in [2.75, 3.05) is 6.61 Å². The van der Waals surface area contributed by atoms with Crippen molar-refractivity contribution in [3.63, 3.8) is 0 Å². The molecule has 0 aromatic carbocycles.